The Labute approximate surface area is 169 Å². The number of hydrazone groups is 1. The molecule has 1 aromatic heterocycles. The second kappa shape index (κ2) is 7.79. The van der Waals surface area contributed by atoms with Crippen molar-refractivity contribution >= 4 is 28.8 Å². The number of nitrogens with zero attached hydrogens (tertiary/aromatic N) is 5. The normalized spacial score (nSPS) is 20.2. The van der Waals surface area contributed by atoms with Gasteiger partial charge in [-0.15, -0.1) is 0 Å². The molecule has 152 valence electrons. The SMILES string of the molecule is CNc1cc(N2CCN(C)CC2)c(F)cc1C1=NN(c2ccccn2)C(=O)C1C. The predicted molar refractivity (Wildman–Crippen MR) is 113 cm³/mol. The van der Waals surface area contributed by atoms with Crippen LogP contribution in [0.3, 0.4) is 0 Å². The van der Waals surface area contributed by atoms with Crippen molar-refractivity contribution in [3.05, 3.63) is 47.9 Å². The lowest BCUT2D eigenvalue weighted by atomic mass is 9.96. The number of hydrogen-bond donors (Lipinski definition) is 1. The average molecular weight is 396 g/mol. The van der Waals surface area contributed by atoms with Gasteiger partial charge < -0.3 is 15.1 Å². The summed E-state index contributed by atoms with van der Waals surface area (Å²) in [6.45, 7) is 5.13. The molecule has 0 aliphatic carbocycles. The molecule has 3 heterocycles. The quantitative estimate of drug-likeness (QED) is 0.860. The fraction of sp³-hybridized carbons (Fsp3) is 0.381. The summed E-state index contributed by atoms with van der Waals surface area (Å²) in [5.74, 6) is -0.510. The van der Waals surface area contributed by atoms with Crippen LogP contribution in [0.2, 0.25) is 0 Å². The predicted octanol–water partition coefficient (Wildman–Crippen LogP) is 2.40. The summed E-state index contributed by atoms with van der Waals surface area (Å²) in [5, 5.41) is 8.95. The smallest absolute Gasteiger partial charge is 0.257 e. The fourth-order valence-electron chi connectivity index (χ4n) is 3.74. The number of amides is 1. The topological polar surface area (TPSA) is 64.1 Å². The van der Waals surface area contributed by atoms with Gasteiger partial charge in [0, 0.05) is 50.7 Å². The van der Waals surface area contributed by atoms with Crippen LogP contribution < -0.4 is 15.2 Å². The van der Waals surface area contributed by atoms with E-state index in [1.807, 2.05) is 6.07 Å². The summed E-state index contributed by atoms with van der Waals surface area (Å²) in [4.78, 5) is 21.3. The van der Waals surface area contributed by atoms with Crippen molar-refractivity contribution in [1.29, 1.82) is 0 Å². The summed E-state index contributed by atoms with van der Waals surface area (Å²) in [6, 6.07) is 8.62. The van der Waals surface area contributed by atoms with Crippen molar-refractivity contribution in [2.75, 3.05) is 55.5 Å². The number of piperazine rings is 1. The molecule has 0 spiro atoms. The molecular formula is C21H25FN6O. The lowest BCUT2D eigenvalue weighted by molar-refractivity contribution is -0.119. The number of aromatic nitrogens is 1. The first-order chi connectivity index (χ1) is 14.0. The summed E-state index contributed by atoms with van der Waals surface area (Å²) in [6.07, 6.45) is 1.62. The van der Waals surface area contributed by atoms with Crippen LogP contribution in [-0.2, 0) is 4.79 Å². The number of hydrogen-bond acceptors (Lipinski definition) is 6. The highest BCUT2D eigenvalue weighted by Crippen LogP contribution is 2.33. The average Bonchev–Trinajstić information content (AvgIpc) is 3.04. The third-order valence-corrected chi connectivity index (χ3v) is 5.54. The van der Waals surface area contributed by atoms with Crippen LogP contribution in [0.5, 0.6) is 0 Å². The number of benzene rings is 1. The highest BCUT2D eigenvalue weighted by Gasteiger charge is 2.36. The molecule has 2 aromatic rings. The van der Waals surface area contributed by atoms with Crippen molar-refractivity contribution in [1.82, 2.24) is 9.88 Å². The van der Waals surface area contributed by atoms with E-state index in [0.717, 1.165) is 31.9 Å². The highest BCUT2D eigenvalue weighted by molar-refractivity contribution is 6.22. The van der Waals surface area contributed by atoms with Crippen LogP contribution in [0, 0.1) is 11.7 Å². The maximum atomic E-state index is 15.1. The summed E-state index contributed by atoms with van der Waals surface area (Å²) >= 11 is 0. The Morgan fingerprint density at radius 3 is 2.59 bits per heavy atom. The van der Waals surface area contributed by atoms with Crippen LogP contribution in [-0.4, -0.2) is 61.8 Å². The number of rotatable bonds is 4. The molecule has 1 fully saturated rings. The first-order valence-electron chi connectivity index (χ1n) is 9.78. The van der Waals surface area contributed by atoms with Gasteiger partial charge in [-0.1, -0.05) is 6.07 Å². The molecule has 0 saturated carbocycles. The second-order valence-electron chi connectivity index (χ2n) is 7.43. The molecule has 1 saturated heterocycles. The monoisotopic (exact) mass is 396 g/mol. The summed E-state index contributed by atoms with van der Waals surface area (Å²) in [7, 11) is 3.86. The van der Waals surface area contributed by atoms with Gasteiger partial charge >= 0.3 is 0 Å². The number of pyridine rings is 1. The van der Waals surface area contributed by atoms with Crippen molar-refractivity contribution in [2.24, 2.45) is 11.0 Å². The number of anilines is 3. The zero-order chi connectivity index (χ0) is 20.5. The van der Waals surface area contributed by atoms with Gasteiger partial charge in [0.05, 0.1) is 17.3 Å². The van der Waals surface area contributed by atoms with Gasteiger partial charge in [-0.25, -0.2) is 9.37 Å². The molecule has 29 heavy (non-hydrogen) atoms. The molecule has 1 atom stereocenters. The Hall–Kier alpha value is -3.00. The van der Waals surface area contributed by atoms with E-state index in [1.54, 1.807) is 38.4 Å². The molecule has 8 heteroatoms. The number of carbonyl (C=O) groups is 1. The molecule has 1 unspecified atom stereocenters. The fourth-order valence-corrected chi connectivity index (χ4v) is 3.74. The standard InChI is InChI=1S/C21H25FN6O/c1-14-20(25-28(21(14)29)19-6-4-5-7-24-19)15-12-16(22)18(13-17(15)23-2)27-10-8-26(3)9-11-27/h4-7,12-14,23H,8-11H2,1-3H3. The van der Waals surface area contributed by atoms with Crippen LogP contribution >= 0.6 is 0 Å². The zero-order valence-corrected chi connectivity index (χ0v) is 16.9. The van der Waals surface area contributed by atoms with Gasteiger partial charge in [-0.2, -0.15) is 10.1 Å². The number of carbonyl (C=O) groups excluding carboxylic acids is 1. The van der Waals surface area contributed by atoms with Crippen LogP contribution in [0.1, 0.15) is 12.5 Å². The largest absolute Gasteiger partial charge is 0.388 e. The zero-order valence-electron chi connectivity index (χ0n) is 16.9. The minimum absolute atomic E-state index is 0.177. The maximum Gasteiger partial charge on any atom is 0.257 e. The van der Waals surface area contributed by atoms with E-state index in [2.05, 4.69) is 32.2 Å². The lowest BCUT2D eigenvalue weighted by Gasteiger charge is -2.34. The lowest BCUT2D eigenvalue weighted by Crippen LogP contribution is -2.44. The van der Waals surface area contributed by atoms with Crippen LogP contribution in [0.25, 0.3) is 0 Å². The van der Waals surface area contributed by atoms with E-state index in [-0.39, 0.29) is 11.7 Å². The third-order valence-electron chi connectivity index (χ3n) is 5.54. The van der Waals surface area contributed by atoms with E-state index in [4.69, 9.17) is 0 Å². The highest BCUT2D eigenvalue weighted by atomic mass is 19.1. The summed E-state index contributed by atoms with van der Waals surface area (Å²) < 4.78 is 15.1. The number of nitrogens with one attached hydrogen (secondary N) is 1. The number of likely N-dealkylation sites (N-methyl/N-ethyl adjacent to an activating group) is 1. The van der Waals surface area contributed by atoms with Gasteiger partial charge in [0.2, 0.25) is 0 Å². The van der Waals surface area contributed by atoms with E-state index < -0.39 is 5.92 Å². The Balaban J connectivity index is 1.71. The second-order valence-corrected chi connectivity index (χ2v) is 7.43. The van der Waals surface area contributed by atoms with Crippen LogP contribution in [0.4, 0.5) is 21.6 Å². The van der Waals surface area contributed by atoms with Crippen molar-refractivity contribution in [3.63, 3.8) is 0 Å². The molecule has 1 aromatic carbocycles. The van der Waals surface area contributed by atoms with Gasteiger partial charge in [0.15, 0.2) is 5.82 Å². The Bertz CT molecular complexity index is 940. The Morgan fingerprint density at radius 2 is 1.93 bits per heavy atom. The molecule has 0 bridgehead atoms. The minimum atomic E-state index is -0.488. The first kappa shape index (κ1) is 19.3. The van der Waals surface area contributed by atoms with Crippen molar-refractivity contribution in [2.45, 2.75) is 6.92 Å². The molecule has 4 rings (SSSR count). The van der Waals surface area contributed by atoms with Crippen molar-refractivity contribution in [3.8, 4) is 0 Å². The molecule has 2 aliphatic rings. The van der Waals surface area contributed by atoms with Gasteiger partial charge in [0.1, 0.15) is 5.82 Å². The molecular weight excluding hydrogens is 371 g/mol. The maximum absolute atomic E-state index is 15.1. The van der Waals surface area contributed by atoms with Gasteiger partial charge in [-0.05, 0) is 38.2 Å². The van der Waals surface area contributed by atoms with E-state index in [1.165, 1.54) is 11.1 Å². The van der Waals surface area contributed by atoms with E-state index in [9.17, 15) is 4.79 Å². The summed E-state index contributed by atoms with van der Waals surface area (Å²) in [5.41, 5.74) is 2.46. The molecule has 7 nitrogen and oxygen atoms in total. The first-order valence-corrected chi connectivity index (χ1v) is 9.78. The van der Waals surface area contributed by atoms with E-state index >= 15 is 4.39 Å². The van der Waals surface area contributed by atoms with Gasteiger partial charge in [-0.3, -0.25) is 4.79 Å². The molecule has 1 N–H and O–H groups in total. The van der Waals surface area contributed by atoms with Gasteiger partial charge in [0.25, 0.3) is 5.91 Å². The minimum Gasteiger partial charge on any atom is -0.388 e. The molecule has 1 amide bonds. The third kappa shape index (κ3) is 3.55. The molecule has 2 aliphatic heterocycles. The number of halogens is 1. The molecule has 0 radical (unpaired) electrons. The van der Waals surface area contributed by atoms with E-state index in [0.29, 0.717) is 22.8 Å². The van der Waals surface area contributed by atoms with Crippen LogP contribution in [0.15, 0.2) is 41.6 Å². The van der Waals surface area contributed by atoms with Crippen molar-refractivity contribution < 1.29 is 9.18 Å². The Morgan fingerprint density at radius 1 is 1.17 bits per heavy atom. The Kier molecular flexibility index (Phi) is 5.19.